The molecule has 0 spiro atoms. The monoisotopic (exact) mass is 347 g/mol. The standard InChI is InChI=1S/C21H21N3O2/c1-15-6-5-7-16(10-15)12-23-21(25)17-11-18(14-22-13-17)24-19-8-3-4-9-20(19)26-2/h3-11,13-14,24H,12H2,1-2H3,(H,23,25). The minimum Gasteiger partial charge on any atom is -0.495 e. The summed E-state index contributed by atoms with van der Waals surface area (Å²) in [6.45, 7) is 2.51. The van der Waals surface area contributed by atoms with Gasteiger partial charge in [-0.05, 0) is 30.7 Å². The number of aromatic nitrogens is 1. The number of carbonyl (C=O) groups excluding carboxylic acids is 1. The third kappa shape index (κ3) is 4.39. The van der Waals surface area contributed by atoms with Gasteiger partial charge in [0.15, 0.2) is 0 Å². The molecule has 2 N–H and O–H groups in total. The van der Waals surface area contributed by atoms with E-state index in [1.165, 1.54) is 5.56 Å². The molecule has 0 unspecified atom stereocenters. The fourth-order valence-electron chi connectivity index (χ4n) is 2.64. The Morgan fingerprint density at radius 1 is 1.08 bits per heavy atom. The summed E-state index contributed by atoms with van der Waals surface area (Å²) in [7, 11) is 1.62. The van der Waals surface area contributed by atoms with E-state index >= 15 is 0 Å². The summed E-state index contributed by atoms with van der Waals surface area (Å²) in [5.74, 6) is 0.560. The van der Waals surface area contributed by atoms with Crippen LogP contribution in [0.2, 0.25) is 0 Å². The lowest BCUT2D eigenvalue weighted by atomic mass is 10.1. The van der Waals surface area contributed by atoms with Crippen molar-refractivity contribution in [3.05, 3.63) is 83.7 Å². The van der Waals surface area contributed by atoms with Crippen LogP contribution in [0.25, 0.3) is 0 Å². The number of aryl methyl sites for hydroxylation is 1. The zero-order valence-electron chi connectivity index (χ0n) is 14.8. The molecule has 5 nitrogen and oxygen atoms in total. The smallest absolute Gasteiger partial charge is 0.253 e. The largest absolute Gasteiger partial charge is 0.495 e. The maximum absolute atomic E-state index is 12.4. The Kier molecular flexibility index (Phi) is 5.49. The van der Waals surface area contributed by atoms with Crippen molar-refractivity contribution >= 4 is 17.3 Å². The zero-order chi connectivity index (χ0) is 18.4. The number of rotatable bonds is 6. The normalized spacial score (nSPS) is 10.2. The molecule has 2 aromatic carbocycles. The number of para-hydroxylation sites is 2. The Bertz CT molecular complexity index is 909. The van der Waals surface area contributed by atoms with E-state index in [0.29, 0.717) is 12.1 Å². The number of ether oxygens (including phenoxy) is 1. The summed E-state index contributed by atoms with van der Waals surface area (Å²) in [6, 6.07) is 17.4. The number of hydrogen-bond acceptors (Lipinski definition) is 4. The number of benzene rings is 2. The molecule has 0 bridgehead atoms. The molecule has 3 rings (SSSR count). The first-order valence-electron chi connectivity index (χ1n) is 8.34. The van der Waals surface area contributed by atoms with Crippen molar-refractivity contribution in [2.45, 2.75) is 13.5 Å². The molecule has 0 fully saturated rings. The topological polar surface area (TPSA) is 63.2 Å². The van der Waals surface area contributed by atoms with E-state index in [9.17, 15) is 4.79 Å². The van der Waals surface area contributed by atoms with Gasteiger partial charge in [-0.25, -0.2) is 0 Å². The van der Waals surface area contributed by atoms with Gasteiger partial charge < -0.3 is 15.4 Å². The van der Waals surface area contributed by atoms with Crippen LogP contribution in [0.4, 0.5) is 11.4 Å². The first-order chi connectivity index (χ1) is 12.7. The average Bonchev–Trinajstić information content (AvgIpc) is 2.67. The first kappa shape index (κ1) is 17.5. The van der Waals surface area contributed by atoms with E-state index in [1.807, 2.05) is 49.4 Å². The molecule has 0 atom stereocenters. The number of amides is 1. The molecule has 26 heavy (non-hydrogen) atoms. The van der Waals surface area contributed by atoms with Crippen molar-refractivity contribution in [3.8, 4) is 5.75 Å². The van der Waals surface area contributed by atoms with Crippen LogP contribution in [0.3, 0.4) is 0 Å². The van der Waals surface area contributed by atoms with Crippen LogP contribution in [-0.4, -0.2) is 18.0 Å². The fourth-order valence-corrected chi connectivity index (χ4v) is 2.64. The van der Waals surface area contributed by atoms with E-state index in [1.54, 1.807) is 25.6 Å². The SMILES string of the molecule is COc1ccccc1Nc1cncc(C(=O)NCc2cccc(C)c2)c1. The highest BCUT2D eigenvalue weighted by molar-refractivity contribution is 5.94. The van der Waals surface area contributed by atoms with Gasteiger partial charge in [0.25, 0.3) is 5.91 Å². The van der Waals surface area contributed by atoms with E-state index < -0.39 is 0 Å². The van der Waals surface area contributed by atoms with Crippen molar-refractivity contribution in [1.29, 1.82) is 0 Å². The van der Waals surface area contributed by atoms with Gasteiger partial charge in [0, 0.05) is 12.7 Å². The number of nitrogens with one attached hydrogen (secondary N) is 2. The van der Waals surface area contributed by atoms with Gasteiger partial charge in [0.2, 0.25) is 0 Å². The second-order valence-corrected chi connectivity index (χ2v) is 5.96. The molecule has 0 aliphatic carbocycles. The average molecular weight is 347 g/mol. The predicted molar refractivity (Wildman–Crippen MR) is 103 cm³/mol. The molecule has 132 valence electrons. The molecular weight excluding hydrogens is 326 g/mol. The van der Waals surface area contributed by atoms with Crippen molar-refractivity contribution in [3.63, 3.8) is 0 Å². The van der Waals surface area contributed by atoms with Gasteiger partial charge in [-0.1, -0.05) is 42.0 Å². The minimum atomic E-state index is -0.164. The highest BCUT2D eigenvalue weighted by atomic mass is 16.5. The zero-order valence-corrected chi connectivity index (χ0v) is 14.8. The lowest BCUT2D eigenvalue weighted by Gasteiger charge is -2.11. The summed E-state index contributed by atoms with van der Waals surface area (Å²) in [5.41, 5.74) is 4.26. The maximum atomic E-state index is 12.4. The van der Waals surface area contributed by atoms with E-state index in [4.69, 9.17) is 4.74 Å². The number of carbonyl (C=O) groups is 1. The lowest BCUT2D eigenvalue weighted by Crippen LogP contribution is -2.23. The van der Waals surface area contributed by atoms with E-state index in [2.05, 4.69) is 21.7 Å². The molecule has 0 radical (unpaired) electrons. The van der Waals surface area contributed by atoms with Crippen LogP contribution in [0.15, 0.2) is 67.0 Å². The van der Waals surface area contributed by atoms with Gasteiger partial charge in [0.05, 0.1) is 30.2 Å². The molecular formula is C21H21N3O2. The Hall–Kier alpha value is -3.34. The Morgan fingerprint density at radius 3 is 2.73 bits per heavy atom. The first-order valence-corrected chi connectivity index (χ1v) is 8.34. The Labute approximate surface area is 153 Å². The summed E-state index contributed by atoms with van der Waals surface area (Å²) in [6.07, 6.45) is 3.22. The molecule has 1 amide bonds. The van der Waals surface area contributed by atoms with E-state index in [0.717, 1.165) is 22.7 Å². The highest BCUT2D eigenvalue weighted by Crippen LogP contribution is 2.26. The second kappa shape index (κ2) is 8.16. The highest BCUT2D eigenvalue weighted by Gasteiger charge is 2.08. The summed E-state index contributed by atoms with van der Waals surface area (Å²) >= 11 is 0. The lowest BCUT2D eigenvalue weighted by molar-refractivity contribution is 0.0950. The number of hydrogen-bond donors (Lipinski definition) is 2. The Balaban J connectivity index is 1.69. The third-order valence-electron chi connectivity index (χ3n) is 3.92. The van der Waals surface area contributed by atoms with E-state index in [-0.39, 0.29) is 5.91 Å². The van der Waals surface area contributed by atoms with Crippen LogP contribution in [-0.2, 0) is 6.54 Å². The van der Waals surface area contributed by atoms with Gasteiger partial charge >= 0.3 is 0 Å². The molecule has 0 aliphatic rings. The van der Waals surface area contributed by atoms with Crippen molar-refractivity contribution in [2.75, 3.05) is 12.4 Å². The van der Waals surface area contributed by atoms with Crippen molar-refractivity contribution in [2.24, 2.45) is 0 Å². The molecule has 5 heteroatoms. The van der Waals surface area contributed by atoms with Crippen LogP contribution in [0, 0.1) is 6.92 Å². The van der Waals surface area contributed by atoms with Gasteiger partial charge in [-0.3, -0.25) is 9.78 Å². The molecule has 0 aliphatic heterocycles. The molecule has 0 saturated carbocycles. The maximum Gasteiger partial charge on any atom is 0.253 e. The predicted octanol–water partition coefficient (Wildman–Crippen LogP) is 4.07. The quantitative estimate of drug-likeness (QED) is 0.705. The number of nitrogens with zero attached hydrogens (tertiary/aromatic N) is 1. The van der Waals surface area contributed by atoms with Crippen molar-refractivity contribution in [1.82, 2.24) is 10.3 Å². The third-order valence-corrected chi connectivity index (χ3v) is 3.92. The molecule has 3 aromatic rings. The fraction of sp³-hybridized carbons (Fsp3) is 0.143. The Morgan fingerprint density at radius 2 is 1.92 bits per heavy atom. The van der Waals surface area contributed by atoms with Crippen LogP contribution >= 0.6 is 0 Å². The van der Waals surface area contributed by atoms with Crippen LogP contribution in [0.5, 0.6) is 5.75 Å². The number of anilines is 2. The van der Waals surface area contributed by atoms with Gasteiger partial charge in [-0.15, -0.1) is 0 Å². The summed E-state index contributed by atoms with van der Waals surface area (Å²) in [5, 5.41) is 6.16. The van der Waals surface area contributed by atoms with Gasteiger partial charge in [-0.2, -0.15) is 0 Å². The van der Waals surface area contributed by atoms with Crippen LogP contribution < -0.4 is 15.4 Å². The molecule has 0 saturated heterocycles. The summed E-state index contributed by atoms with van der Waals surface area (Å²) < 4.78 is 5.33. The second-order valence-electron chi connectivity index (χ2n) is 5.96. The van der Waals surface area contributed by atoms with Crippen molar-refractivity contribution < 1.29 is 9.53 Å². The molecule has 1 heterocycles. The summed E-state index contributed by atoms with van der Waals surface area (Å²) in [4.78, 5) is 16.6. The van der Waals surface area contributed by atoms with Crippen LogP contribution in [0.1, 0.15) is 21.5 Å². The van der Waals surface area contributed by atoms with Gasteiger partial charge in [0.1, 0.15) is 5.75 Å². The molecule has 1 aromatic heterocycles. The minimum absolute atomic E-state index is 0.164. The number of pyridine rings is 1. The number of methoxy groups -OCH3 is 1.